The standard InChI is InChI=1S/C9H13BrN2O/c10-9-4-3-8(13-9)7(12-11)5-6-1-2-6/h3-4,6-7,12H,1-2,5,11H2. The van der Waals surface area contributed by atoms with Crippen molar-refractivity contribution in [1.82, 2.24) is 5.43 Å². The first-order chi connectivity index (χ1) is 6.29. The fraction of sp³-hybridized carbons (Fsp3) is 0.556. The monoisotopic (exact) mass is 244 g/mol. The second-order valence-electron chi connectivity index (χ2n) is 3.54. The Kier molecular flexibility index (Phi) is 2.71. The van der Waals surface area contributed by atoms with Gasteiger partial charge in [0.15, 0.2) is 4.67 Å². The number of halogens is 1. The zero-order valence-corrected chi connectivity index (χ0v) is 8.88. The maximum Gasteiger partial charge on any atom is 0.169 e. The molecule has 0 bridgehead atoms. The molecule has 3 N–H and O–H groups in total. The van der Waals surface area contributed by atoms with Crippen molar-refractivity contribution in [3.05, 3.63) is 22.6 Å². The summed E-state index contributed by atoms with van der Waals surface area (Å²) >= 11 is 3.28. The van der Waals surface area contributed by atoms with Crippen molar-refractivity contribution in [2.24, 2.45) is 11.8 Å². The number of hydrogen-bond donors (Lipinski definition) is 2. The molecule has 1 atom stereocenters. The molecule has 4 heteroatoms. The Morgan fingerprint density at radius 3 is 2.85 bits per heavy atom. The quantitative estimate of drug-likeness (QED) is 0.632. The van der Waals surface area contributed by atoms with Crippen molar-refractivity contribution in [2.45, 2.75) is 25.3 Å². The van der Waals surface area contributed by atoms with E-state index in [0.29, 0.717) is 0 Å². The highest BCUT2D eigenvalue weighted by Crippen LogP contribution is 2.37. The van der Waals surface area contributed by atoms with Gasteiger partial charge in [-0.2, -0.15) is 0 Å². The number of hydrazine groups is 1. The summed E-state index contributed by atoms with van der Waals surface area (Å²) in [6, 6.07) is 4.02. The van der Waals surface area contributed by atoms with Crippen LogP contribution in [0.5, 0.6) is 0 Å². The smallest absolute Gasteiger partial charge is 0.169 e. The van der Waals surface area contributed by atoms with Crippen molar-refractivity contribution in [1.29, 1.82) is 0 Å². The van der Waals surface area contributed by atoms with Crippen LogP contribution in [-0.2, 0) is 0 Å². The lowest BCUT2D eigenvalue weighted by atomic mass is 10.1. The van der Waals surface area contributed by atoms with E-state index in [0.717, 1.165) is 22.8 Å². The number of hydrogen-bond acceptors (Lipinski definition) is 3. The summed E-state index contributed by atoms with van der Waals surface area (Å²) in [5.74, 6) is 7.22. The minimum absolute atomic E-state index is 0.166. The number of nitrogens with one attached hydrogen (secondary N) is 1. The summed E-state index contributed by atoms with van der Waals surface area (Å²) in [5.41, 5.74) is 2.79. The number of nitrogens with two attached hydrogens (primary N) is 1. The van der Waals surface area contributed by atoms with Gasteiger partial charge in [0.2, 0.25) is 0 Å². The van der Waals surface area contributed by atoms with Crippen molar-refractivity contribution >= 4 is 15.9 Å². The molecule has 1 heterocycles. The SMILES string of the molecule is NNC(CC1CC1)c1ccc(Br)o1. The lowest BCUT2D eigenvalue weighted by molar-refractivity contribution is 0.379. The minimum atomic E-state index is 0.166. The van der Waals surface area contributed by atoms with Crippen LogP contribution in [0, 0.1) is 5.92 Å². The lowest BCUT2D eigenvalue weighted by Crippen LogP contribution is -2.28. The van der Waals surface area contributed by atoms with Crippen LogP contribution in [0.2, 0.25) is 0 Å². The van der Waals surface area contributed by atoms with Gasteiger partial charge in [-0.3, -0.25) is 5.84 Å². The summed E-state index contributed by atoms with van der Waals surface area (Å²) < 4.78 is 6.20. The van der Waals surface area contributed by atoms with Gasteiger partial charge >= 0.3 is 0 Å². The van der Waals surface area contributed by atoms with E-state index in [1.54, 1.807) is 0 Å². The molecule has 0 aromatic carbocycles. The van der Waals surface area contributed by atoms with Crippen LogP contribution >= 0.6 is 15.9 Å². The van der Waals surface area contributed by atoms with E-state index < -0.39 is 0 Å². The molecule has 0 saturated heterocycles. The van der Waals surface area contributed by atoms with Gasteiger partial charge in [0, 0.05) is 0 Å². The third-order valence-electron chi connectivity index (χ3n) is 2.40. The average Bonchev–Trinajstić information content (AvgIpc) is 2.84. The Hall–Kier alpha value is -0.320. The highest BCUT2D eigenvalue weighted by atomic mass is 79.9. The molecular weight excluding hydrogens is 232 g/mol. The minimum Gasteiger partial charge on any atom is -0.453 e. The van der Waals surface area contributed by atoms with Gasteiger partial charge in [0.25, 0.3) is 0 Å². The van der Waals surface area contributed by atoms with E-state index >= 15 is 0 Å². The molecule has 1 unspecified atom stereocenters. The fourth-order valence-corrected chi connectivity index (χ4v) is 1.79. The number of furan rings is 1. The third-order valence-corrected chi connectivity index (χ3v) is 2.83. The maximum atomic E-state index is 5.46. The molecule has 0 spiro atoms. The van der Waals surface area contributed by atoms with Gasteiger partial charge in [-0.05, 0) is 40.4 Å². The van der Waals surface area contributed by atoms with E-state index in [4.69, 9.17) is 10.3 Å². The molecule has 1 aromatic rings. The molecule has 1 aliphatic rings. The van der Waals surface area contributed by atoms with E-state index in [1.165, 1.54) is 12.8 Å². The first-order valence-corrected chi connectivity index (χ1v) is 5.30. The van der Waals surface area contributed by atoms with E-state index in [1.807, 2.05) is 12.1 Å². The molecule has 1 aliphatic carbocycles. The van der Waals surface area contributed by atoms with Gasteiger partial charge < -0.3 is 4.42 Å². The highest BCUT2D eigenvalue weighted by Gasteiger charge is 2.27. The Labute approximate surface area is 85.8 Å². The van der Waals surface area contributed by atoms with E-state index in [9.17, 15) is 0 Å². The van der Waals surface area contributed by atoms with Crippen molar-refractivity contribution < 1.29 is 4.42 Å². The fourth-order valence-electron chi connectivity index (χ4n) is 1.47. The average molecular weight is 245 g/mol. The maximum absolute atomic E-state index is 5.46. The van der Waals surface area contributed by atoms with Crippen LogP contribution in [0.25, 0.3) is 0 Å². The summed E-state index contributed by atoms with van der Waals surface area (Å²) in [6.07, 6.45) is 3.75. The molecule has 3 nitrogen and oxygen atoms in total. The zero-order chi connectivity index (χ0) is 9.26. The topological polar surface area (TPSA) is 51.2 Å². The molecule has 0 amide bonds. The summed E-state index contributed by atoms with van der Waals surface area (Å²) in [6.45, 7) is 0. The van der Waals surface area contributed by atoms with E-state index in [-0.39, 0.29) is 6.04 Å². The molecule has 1 fully saturated rings. The van der Waals surface area contributed by atoms with Crippen LogP contribution in [0.1, 0.15) is 31.1 Å². The van der Waals surface area contributed by atoms with Crippen LogP contribution in [-0.4, -0.2) is 0 Å². The van der Waals surface area contributed by atoms with Crippen LogP contribution in [0.4, 0.5) is 0 Å². The normalized spacial score (nSPS) is 18.9. The molecule has 2 rings (SSSR count). The Morgan fingerprint density at radius 1 is 1.62 bits per heavy atom. The van der Waals surface area contributed by atoms with Crippen LogP contribution < -0.4 is 11.3 Å². The van der Waals surface area contributed by atoms with Gasteiger partial charge in [0.1, 0.15) is 5.76 Å². The molecule has 0 aliphatic heterocycles. The molecule has 1 saturated carbocycles. The zero-order valence-electron chi connectivity index (χ0n) is 7.29. The van der Waals surface area contributed by atoms with Crippen molar-refractivity contribution in [3.63, 3.8) is 0 Å². The van der Waals surface area contributed by atoms with Gasteiger partial charge in [-0.25, -0.2) is 5.43 Å². The van der Waals surface area contributed by atoms with Crippen molar-refractivity contribution in [2.75, 3.05) is 0 Å². The summed E-state index contributed by atoms with van der Waals surface area (Å²) in [4.78, 5) is 0. The summed E-state index contributed by atoms with van der Waals surface area (Å²) in [7, 11) is 0. The number of rotatable bonds is 4. The van der Waals surface area contributed by atoms with Crippen LogP contribution in [0.15, 0.2) is 21.2 Å². The predicted molar refractivity (Wildman–Crippen MR) is 53.8 cm³/mol. The largest absolute Gasteiger partial charge is 0.453 e. The highest BCUT2D eigenvalue weighted by molar-refractivity contribution is 9.10. The Balaban J connectivity index is 2.01. The Bertz CT molecular complexity index is 283. The lowest BCUT2D eigenvalue weighted by Gasteiger charge is -2.11. The second kappa shape index (κ2) is 3.82. The first-order valence-electron chi connectivity index (χ1n) is 4.51. The van der Waals surface area contributed by atoms with Gasteiger partial charge in [-0.15, -0.1) is 0 Å². The van der Waals surface area contributed by atoms with Crippen LogP contribution in [0.3, 0.4) is 0 Å². The summed E-state index contributed by atoms with van der Waals surface area (Å²) in [5, 5.41) is 0. The molecule has 13 heavy (non-hydrogen) atoms. The second-order valence-corrected chi connectivity index (χ2v) is 4.32. The predicted octanol–water partition coefficient (Wildman–Crippen LogP) is 2.35. The third kappa shape index (κ3) is 2.33. The van der Waals surface area contributed by atoms with E-state index in [2.05, 4.69) is 21.4 Å². The molecular formula is C9H13BrN2O. The first kappa shape index (κ1) is 9.24. The molecule has 72 valence electrons. The van der Waals surface area contributed by atoms with Gasteiger partial charge in [-0.1, -0.05) is 12.8 Å². The molecule has 1 aromatic heterocycles. The van der Waals surface area contributed by atoms with Crippen molar-refractivity contribution in [3.8, 4) is 0 Å². The van der Waals surface area contributed by atoms with Gasteiger partial charge in [0.05, 0.1) is 6.04 Å². The molecule has 0 radical (unpaired) electrons. The Morgan fingerprint density at radius 2 is 2.38 bits per heavy atom.